The molecule has 0 radical (unpaired) electrons. The average Bonchev–Trinajstić information content (AvgIpc) is 3.20. The fraction of sp³-hybridized carbons (Fsp3) is 0.421. The van der Waals surface area contributed by atoms with Crippen molar-refractivity contribution < 1.29 is 9.21 Å². The quantitative estimate of drug-likeness (QED) is 0.802. The lowest BCUT2D eigenvalue weighted by Gasteiger charge is -2.34. The van der Waals surface area contributed by atoms with Gasteiger partial charge in [-0.3, -0.25) is 9.78 Å². The first kappa shape index (κ1) is 15.9. The first-order valence-electron chi connectivity index (χ1n) is 8.78. The van der Waals surface area contributed by atoms with Gasteiger partial charge in [0.1, 0.15) is 17.3 Å². The second-order valence-electron chi connectivity index (χ2n) is 6.77. The molecule has 4 rings (SSSR count). The van der Waals surface area contributed by atoms with E-state index in [-0.39, 0.29) is 5.91 Å². The maximum atomic E-state index is 12.4. The standard InChI is InChI=1S/C19H22N4O2/c1-14-12-16(14)17-4-2-15(25-17)3-5-19(24)23-10-8-22(9-11-23)18-13-20-6-7-21-18/h2-7,13-14,16H,8-12H2,1H3/b5-3-/t14-,16+/m1/s1. The molecule has 2 aliphatic rings. The Morgan fingerprint density at radius 1 is 1.24 bits per heavy atom. The molecule has 1 saturated heterocycles. The molecule has 0 spiro atoms. The topological polar surface area (TPSA) is 62.5 Å². The minimum atomic E-state index is 0.0246. The molecule has 6 heteroatoms. The van der Waals surface area contributed by atoms with Crippen LogP contribution in [0.1, 0.15) is 30.8 Å². The van der Waals surface area contributed by atoms with E-state index in [1.54, 1.807) is 30.7 Å². The van der Waals surface area contributed by atoms with E-state index in [1.165, 1.54) is 6.42 Å². The molecular formula is C19H22N4O2. The highest BCUT2D eigenvalue weighted by Gasteiger charge is 2.36. The lowest BCUT2D eigenvalue weighted by atomic mass is 10.2. The van der Waals surface area contributed by atoms with Crippen molar-refractivity contribution in [1.29, 1.82) is 0 Å². The van der Waals surface area contributed by atoms with Crippen LogP contribution in [0.25, 0.3) is 6.08 Å². The summed E-state index contributed by atoms with van der Waals surface area (Å²) in [6.45, 7) is 5.13. The fourth-order valence-electron chi connectivity index (χ4n) is 3.25. The van der Waals surface area contributed by atoms with Crippen molar-refractivity contribution >= 4 is 17.8 Å². The number of rotatable bonds is 4. The predicted octanol–water partition coefficient (Wildman–Crippen LogP) is 2.56. The fourth-order valence-corrected chi connectivity index (χ4v) is 3.25. The SMILES string of the molecule is C[C@@H]1C[C@@H]1c1ccc(/C=C\C(=O)N2CCN(c3cnccn3)CC2)o1. The van der Waals surface area contributed by atoms with E-state index in [1.807, 2.05) is 17.0 Å². The number of anilines is 1. The molecule has 0 aromatic carbocycles. The van der Waals surface area contributed by atoms with Crippen molar-refractivity contribution in [2.24, 2.45) is 5.92 Å². The Hall–Kier alpha value is -2.63. The largest absolute Gasteiger partial charge is 0.461 e. The van der Waals surface area contributed by atoms with Gasteiger partial charge in [-0.15, -0.1) is 0 Å². The first-order valence-corrected chi connectivity index (χ1v) is 8.78. The summed E-state index contributed by atoms with van der Waals surface area (Å²) in [4.78, 5) is 24.8. The van der Waals surface area contributed by atoms with Crippen LogP contribution in [0.2, 0.25) is 0 Å². The Bertz CT molecular complexity index is 763. The number of carbonyl (C=O) groups excluding carboxylic acids is 1. The summed E-state index contributed by atoms with van der Waals surface area (Å²) in [5.41, 5.74) is 0. The third-order valence-electron chi connectivity index (χ3n) is 4.98. The number of hydrogen-bond acceptors (Lipinski definition) is 5. The van der Waals surface area contributed by atoms with Crippen molar-refractivity contribution in [3.05, 3.63) is 48.3 Å². The minimum absolute atomic E-state index is 0.0246. The van der Waals surface area contributed by atoms with Gasteiger partial charge in [0.2, 0.25) is 5.91 Å². The monoisotopic (exact) mass is 338 g/mol. The zero-order chi connectivity index (χ0) is 17.2. The van der Waals surface area contributed by atoms with Gasteiger partial charge in [0.05, 0.1) is 6.20 Å². The van der Waals surface area contributed by atoms with Gasteiger partial charge in [-0.25, -0.2) is 4.98 Å². The lowest BCUT2D eigenvalue weighted by Crippen LogP contribution is -2.48. The molecule has 1 amide bonds. The molecule has 0 bridgehead atoms. The maximum Gasteiger partial charge on any atom is 0.246 e. The van der Waals surface area contributed by atoms with Crippen molar-refractivity contribution in [2.75, 3.05) is 31.1 Å². The summed E-state index contributed by atoms with van der Waals surface area (Å²) < 4.78 is 5.81. The zero-order valence-corrected chi connectivity index (χ0v) is 14.3. The molecule has 2 aromatic rings. The molecule has 0 unspecified atom stereocenters. The second-order valence-corrected chi connectivity index (χ2v) is 6.77. The van der Waals surface area contributed by atoms with Crippen molar-refractivity contribution in [2.45, 2.75) is 19.3 Å². The van der Waals surface area contributed by atoms with E-state index in [0.29, 0.717) is 19.0 Å². The molecule has 2 atom stereocenters. The summed E-state index contributed by atoms with van der Waals surface area (Å²) >= 11 is 0. The van der Waals surface area contributed by atoms with Crippen LogP contribution >= 0.6 is 0 Å². The predicted molar refractivity (Wildman–Crippen MR) is 95.1 cm³/mol. The molecule has 2 fully saturated rings. The Kier molecular flexibility index (Phi) is 4.26. The summed E-state index contributed by atoms with van der Waals surface area (Å²) in [6.07, 6.45) is 9.69. The number of amides is 1. The van der Waals surface area contributed by atoms with Gasteiger partial charge in [0, 0.05) is 50.6 Å². The molecule has 1 saturated carbocycles. The molecule has 25 heavy (non-hydrogen) atoms. The van der Waals surface area contributed by atoms with Gasteiger partial charge in [-0.1, -0.05) is 6.92 Å². The van der Waals surface area contributed by atoms with E-state index < -0.39 is 0 Å². The molecule has 3 heterocycles. The second kappa shape index (κ2) is 6.70. The van der Waals surface area contributed by atoms with Gasteiger partial charge in [-0.2, -0.15) is 0 Å². The molecule has 2 aromatic heterocycles. The van der Waals surface area contributed by atoms with Crippen molar-refractivity contribution in [1.82, 2.24) is 14.9 Å². The van der Waals surface area contributed by atoms with Crippen LogP contribution in [0.3, 0.4) is 0 Å². The smallest absolute Gasteiger partial charge is 0.246 e. The van der Waals surface area contributed by atoms with Crippen LogP contribution in [0, 0.1) is 5.92 Å². The van der Waals surface area contributed by atoms with E-state index in [4.69, 9.17) is 4.42 Å². The summed E-state index contributed by atoms with van der Waals surface area (Å²) in [7, 11) is 0. The average molecular weight is 338 g/mol. The van der Waals surface area contributed by atoms with Crippen LogP contribution < -0.4 is 4.90 Å². The highest BCUT2D eigenvalue weighted by molar-refractivity contribution is 5.91. The van der Waals surface area contributed by atoms with Crippen molar-refractivity contribution in [3.63, 3.8) is 0 Å². The normalized spacial score (nSPS) is 23.2. The van der Waals surface area contributed by atoms with Gasteiger partial charge in [-0.05, 0) is 30.5 Å². The molecule has 1 aliphatic carbocycles. The number of carbonyl (C=O) groups is 1. The Morgan fingerprint density at radius 2 is 2.04 bits per heavy atom. The third-order valence-corrected chi connectivity index (χ3v) is 4.98. The van der Waals surface area contributed by atoms with Crippen LogP contribution in [-0.2, 0) is 4.79 Å². The minimum Gasteiger partial charge on any atom is -0.461 e. The molecule has 0 N–H and O–H groups in total. The van der Waals surface area contributed by atoms with E-state index >= 15 is 0 Å². The van der Waals surface area contributed by atoms with E-state index in [0.717, 1.165) is 36.3 Å². The maximum absolute atomic E-state index is 12.4. The van der Waals surface area contributed by atoms with Crippen LogP contribution in [-0.4, -0.2) is 47.0 Å². The number of piperazine rings is 1. The van der Waals surface area contributed by atoms with Gasteiger partial charge in [0.25, 0.3) is 0 Å². The summed E-state index contributed by atoms with van der Waals surface area (Å²) in [6, 6.07) is 3.97. The Balaban J connectivity index is 1.31. The summed E-state index contributed by atoms with van der Waals surface area (Å²) in [5.74, 6) is 3.96. The van der Waals surface area contributed by atoms with Crippen LogP contribution in [0.15, 0.2) is 41.2 Å². The van der Waals surface area contributed by atoms with E-state index in [9.17, 15) is 4.79 Å². The van der Waals surface area contributed by atoms with Gasteiger partial charge < -0.3 is 14.2 Å². The molecule has 6 nitrogen and oxygen atoms in total. The number of furan rings is 1. The van der Waals surface area contributed by atoms with E-state index in [2.05, 4.69) is 21.8 Å². The van der Waals surface area contributed by atoms with Crippen LogP contribution in [0.4, 0.5) is 5.82 Å². The highest BCUT2D eigenvalue weighted by Crippen LogP contribution is 2.47. The van der Waals surface area contributed by atoms with Gasteiger partial charge in [0.15, 0.2) is 0 Å². The molecular weight excluding hydrogens is 316 g/mol. The Labute approximate surface area is 147 Å². The first-order chi connectivity index (χ1) is 12.2. The summed E-state index contributed by atoms with van der Waals surface area (Å²) in [5, 5.41) is 0. The number of nitrogens with zero attached hydrogens (tertiary/aromatic N) is 4. The number of aromatic nitrogens is 2. The van der Waals surface area contributed by atoms with Gasteiger partial charge >= 0.3 is 0 Å². The highest BCUT2D eigenvalue weighted by atomic mass is 16.3. The zero-order valence-electron chi connectivity index (χ0n) is 14.3. The van der Waals surface area contributed by atoms with Crippen molar-refractivity contribution in [3.8, 4) is 0 Å². The van der Waals surface area contributed by atoms with Crippen LogP contribution in [0.5, 0.6) is 0 Å². The molecule has 130 valence electrons. The Morgan fingerprint density at radius 3 is 2.72 bits per heavy atom. The molecule has 1 aliphatic heterocycles. The third kappa shape index (κ3) is 3.57. The number of hydrogen-bond donors (Lipinski definition) is 0. The lowest BCUT2D eigenvalue weighted by molar-refractivity contribution is -0.126.